The topological polar surface area (TPSA) is 42.7 Å². The van der Waals surface area contributed by atoms with E-state index in [2.05, 4.69) is 12.1 Å². The summed E-state index contributed by atoms with van der Waals surface area (Å²) in [7, 11) is 3.44. The molecule has 2 aromatic rings. The molecule has 1 aromatic carbocycles. The molecule has 0 aliphatic rings. The van der Waals surface area contributed by atoms with E-state index in [9.17, 15) is 4.79 Å². The van der Waals surface area contributed by atoms with Gasteiger partial charge in [0, 0.05) is 14.2 Å². The predicted molar refractivity (Wildman–Crippen MR) is 76.6 cm³/mol. The summed E-state index contributed by atoms with van der Waals surface area (Å²) in [6, 6.07) is 11.7. The Kier molecular flexibility index (Phi) is 4.96. The molecule has 0 saturated carbocycles. The highest BCUT2D eigenvalue weighted by Gasteiger charge is 2.22. The molecule has 1 aromatic heterocycles. The second-order valence-electron chi connectivity index (χ2n) is 4.73. The summed E-state index contributed by atoms with van der Waals surface area (Å²) in [4.78, 5) is 14.0. The molecule has 1 unspecified atom stereocenters. The standard InChI is InChI=1S/C16H19NO3/c1-17(16(18)14-8-9-20-11-14)15(12-19-2)10-13-6-4-3-5-7-13/h3-9,11,15H,10,12H2,1-2H3. The van der Waals surface area contributed by atoms with Crippen molar-refractivity contribution in [3.05, 3.63) is 60.1 Å². The number of methoxy groups -OCH3 is 1. The molecule has 0 aliphatic carbocycles. The lowest BCUT2D eigenvalue weighted by Crippen LogP contribution is -2.41. The highest BCUT2D eigenvalue weighted by molar-refractivity contribution is 5.93. The number of nitrogens with zero attached hydrogens (tertiary/aromatic N) is 1. The number of furan rings is 1. The Balaban J connectivity index is 2.09. The van der Waals surface area contributed by atoms with Crippen LogP contribution in [-0.4, -0.2) is 37.6 Å². The number of carbonyl (C=O) groups is 1. The van der Waals surface area contributed by atoms with E-state index >= 15 is 0 Å². The molecule has 0 radical (unpaired) electrons. The maximum absolute atomic E-state index is 12.3. The van der Waals surface area contributed by atoms with E-state index < -0.39 is 0 Å². The zero-order chi connectivity index (χ0) is 14.4. The van der Waals surface area contributed by atoms with E-state index in [0.29, 0.717) is 12.2 Å². The summed E-state index contributed by atoms with van der Waals surface area (Å²) in [5.41, 5.74) is 1.74. The van der Waals surface area contributed by atoms with Crippen LogP contribution in [0.5, 0.6) is 0 Å². The average molecular weight is 273 g/mol. The molecule has 0 aliphatic heterocycles. The van der Waals surface area contributed by atoms with Crippen molar-refractivity contribution in [1.29, 1.82) is 0 Å². The molecule has 4 nitrogen and oxygen atoms in total. The van der Waals surface area contributed by atoms with Gasteiger partial charge in [0.2, 0.25) is 0 Å². The molecule has 0 N–H and O–H groups in total. The van der Waals surface area contributed by atoms with Crippen LogP contribution in [0.3, 0.4) is 0 Å². The molecule has 0 bridgehead atoms. The first-order chi connectivity index (χ1) is 9.72. The van der Waals surface area contributed by atoms with Gasteiger partial charge in [0.15, 0.2) is 0 Å². The smallest absolute Gasteiger partial charge is 0.257 e. The molecule has 0 spiro atoms. The van der Waals surface area contributed by atoms with Crippen LogP contribution in [0.1, 0.15) is 15.9 Å². The van der Waals surface area contributed by atoms with Crippen LogP contribution in [0.15, 0.2) is 53.3 Å². The third-order valence-electron chi connectivity index (χ3n) is 3.31. The van der Waals surface area contributed by atoms with Gasteiger partial charge in [-0.1, -0.05) is 30.3 Å². The minimum Gasteiger partial charge on any atom is -0.472 e. The van der Waals surface area contributed by atoms with Crippen LogP contribution in [0, 0.1) is 0 Å². The maximum atomic E-state index is 12.3. The number of amides is 1. The van der Waals surface area contributed by atoms with E-state index in [1.54, 1.807) is 25.1 Å². The normalized spacial score (nSPS) is 12.1. The monoisotopic (exact) mass is 273 g/mol. The fraction of sp³-hybridized carbons (Fsp3) is 0.312. The largest absolute Gasteiger partial charge is 0.472 e. The minimum absolute atomic E-state index is 0.00944. The molecule has 106 valence electrons. The van der Waals surface area contributed by atoms with Gasteiger partial charge in [0.25, 0.3) is 5.91 Å². The van der Waals surface area contributed by atoms with Crippen molar-refractivity contribution in [2.75, 3.05) is 20.8 Å². The maximum Gasteiger partial charge on any atom is 0.257 e. The van der Waals surface area contributed by atoms with Gasteiger partial charge < -0.3 is 14.1 Å². The highest BCUT2D eigenvalue weighted by atomic mass is 16.5. The number of hydrogen-bond acceptors (Lipinski definition) is 3. The Morgan fingerprint density at radius 2 is 2.05 bits per heavy atom. The van der Waals surface area contributed by atoms with Crippen molar-refractivity contribution >= 4 is 5.91 Å². The van der Waals surface area contributed by atoms with E-state index in [1.165, 1.54) is 18.1 Å². The lowest BCUT2D eigenvalue weighted by Gasteiger charge is -2.27. The quantitative estimate of drug-likeness (QED) is 0.812. The van der Waals surface area contributed by atoms with Gasteiger partial charge in [-0.2, -0.15) is 0 Å². The summed E-state index contributed by atoms with van der Waals surface area (Å²) in [5, 5.41) is 0. The van der Waals surface area contributed by atoms with Gasteiger partial charge in [-0.3, -0.25) is 4.79 Å². The first-order valence-electron chi connectivity index (χ1n) is 6.54. The lowest BCUT2D eigenvalue weighted by molar-refractivity contribution is 0.0604. The van der Waals surface area contributed by atoms with Gasteiger partial charge in [0.05, 0.1) is 24.5 Å². The summed E-state index contributed by atoms with van der Waals surface area (Å²) < 4.78 is 10.2. The number of benzene rings is 1. The first-order valence-corrected chi connectivity index (χ1v) is 6.54. The molecule has 1 amide bonds. The molecule has 20 heavy (non-hydrogen) atoms. The number of ether oxygens (including phenoxy) is 1. The van der Waals surface area contributed by atoms with Crippen molar-refractivity contribution < 1.29 is 13.9 Å². The van der Waals surface area contributed by atoms with Crippen molar-refractivity contribution in [1.82, 2.24) is 4.90 Å². The highest BCUT2D eigenvalue weighted by Crippen LogP contribution is 2.12. The fourth-order valence-corrected chi connectivity index (χ4v) is 2.14. The number of carbonyl (C=O) groups excluding carboxylic acids is 1. The molecule has 1 atom stereocenters. The third-order valence-corrected chi connectivity index (χ3v) is 3.31. The van der Waals surface area contributed by atoms with Crippen LogP contribution in [0.4, 0.5) is 0 Å². The van der Waals surface area contributed by atoms with Crippen molar-refractivity contribution in [2.45, 2.75) is 12.5 Å². The SMILES string of the molecule is COCC(Cc1ccccc1)N(C)C(=O)c1ccoc1. The molecule has 2 rings (SSSR count). The van der Waals surface area contributed by atoms with Crippen molar-refractivity contribution in [3.63, 3.8) is 0 Å². The van der Waals surface area contributed by atoms with Crippen molar-refractivity contribution in [2.24, 2.45) is 0 Å². The number of hydrogen-bond donors (Lipinski definition) is 0. The Hall–Kier alpha value is -2.07. The third kappa shape index (κ3) is 3.48. The van der Waals surface area contributed by atoms with E-state index in [4.69, 9.17) is 9.15 Å². The van der Waals surface area contributed by atoms with Crippen LogP contribution in [-0.2, 0) is 11.2 Å². The van der Waals surface area contributed by atoms with Crippen LogP contribution in [0.2, 0.25) is 0 Å². The lowest BCUT2D eigenvalue weighted by atomic mass is 10.0. The van der Waals surface area contributed by atoms with E-state index in [0.717, 1.165) is 6.42 Å². The average Bonchev–Trinajstić information content (AvgIpc) is 3.00. The first kappa shape index (κ1) is 14.3. The molecular formula is C16H19NO3. The van der Waals surface area contributed by atoms with Crippen LogP contribution >= 0.6 is 0 Å². The summed E-state index contributed by atoms with van der Waals surface area (Å²) >= 11 is 0. The van der Waals surface area contributed by atoms with Crippen molar-refractivity contribution in [3.8, 4) is 0 Å². The Morgan fingerprint density at radius 1 is 1.30 bits per heavy atom. The fourth-order valence-electron chi connectivity index (χ4n) is 2.14. The Bertz CT molecular complexity index is 522. The van der Waals surface area contributed by atoms with Crippen LogP contribution < -0.4 is 0 Å². The second-order valence-corrected chi connectivity index (χ2v) is 4.73. The predicted octanol–water partition coefficient (Wildman–Crippen LogP) is 2.61. The molecule has 4 heteroatoms. The van der Waals surface area contributed by atoms with E-state index in [1.807, 2.05) is 18.2 Å². The van der Waals surface area contributed by atoms with Gasteiger partial charge in [-0.15, -0.1) is 0 Å². The second kappa shape index (κ2) is 6.91. The molecule has 0 saturated heterocycles. The van der Waals surface area contributed by atoms with E-state index in [-0.39, 0.29) is 11.9 Å². The van der Waals surface area contributed by atoms with Gasteiger partial charge in [0.1, 0.15) is 6.26 Å². The number of likely N-dealkylation sites (N-methyl/N-ethyl adjacent to an activating group) is 1. The van der Waals surface area contributed by atoms with Crippen LogP contribution in [0.25, 0.3) is 0 Å². The summed E-state index contributed by atoms with van der Waals surface area (Å²) in [6.45, 7) is 0.495. The van der Waals surface area contributed by atoms with Gasteiger partial charge in [-0.25, -0.2) is 0 Å². The summed E-state index contributed by atoms with van der Waals surface area (Å²) in [6.07, 6.45) is 3.73. The molecular weight excluding hydrogens is 254 g/mol. The Morgan fingerprint density at radius 3 is 2.65 bits per heavy atom. The Labute approximate surface area is 119 Å². The molecule has 1 heterocycles. The minimum atomic E-state index is -0.0586. The van der Waals surface area contributed by atoms with Gasteiger partial charge >= 0.3 is 0 Å². The van der Waals surface area contributed by atoms with Gasteiger partial charge in [-0.05, 0) is 18.1 Å². The zero-order valence-corrected chi connectivity index (χ0v) is 11.8. The molecule has 0 fully saturated rings. The zero-order valence-electron chi connectivity index (χ0n) is 11.8. The summed E-state index contributed by atoms with van der Waals surface area (Å²) in [5.74, 6) is -0.0586. The number of rotatable bonds is 6.